The summed E-state index contributed by atoms with van der Waals surface area (Å²) in [6.45, 7) is 1.91. The molecule has 134 valence electrons. The Kier molecular flexibility index (Phi) is 5.15. The third-order valence-electron chi connectivity index (χ3n) is 3.86. The number of benzene rings is 1. The predicted molar refractivity (Wildman–Crippen MR) is 101 cm³/mol. The van der Waals surface area contributed by atoms with E-state index in [1.165, 1.54) is 0 Å². The molecule has 3 aromatic rings. The predicted octanol–water partition coefficient (Wildman–Crippen LogP) is 4.42. The van der Waals surface area contributed by atoms with E-state index in [-0.39, 0.29) is 12.8 Å². The van der Waals surface area contributed by atoms with Crippen LogP contribution in [0.15, 0.2) is 36.5 Å². The first kappa shape index (κ1) is 18.2. The van der Waals surface area contributed by atoms with Gasteiger partial charge >= 0.3 is 5.97 Å². The number of nitrogens with zero attached hydrogens (tertiary/aromatic N) is 2. The van der Waals surface area contributed by atoms with Gasteiger partial charge in [0.1, 0.15) is 17.2 Å². The summed E-state index contributed by atoms with van der Waals surface area (Å²) in [4.78, 5) is 27.5. The molecule has 1 aromatic carbocycles. The molecule has 0 unspecified atom stereocenters. The number of halogens is 2. The minimum atomic E-state index is -1.03. The molecule has 0 aliphatic heterocycles. The van der Waals surface area contributed by atoms with Crippen molar-refractivity contribution in [1.29, 1.82) is 0 Å². The zero-order valence-corrected chi connectivity index (χ0v) is 15.3. The van der Waals surface area contributed by atoms with Crippen LogP contribution in [-0.4, -0.2) is 26.4 Å². The molecule has 0 aliphatic carbocycles. The van der Waals surface area contributed by atoms with Gasteiger partial charge < -0.3 is 10.4 Å². The average Bonchev–Trinajstić information content (AvgIpc) is 2.95. The molecular formula is C18H15Cl2N3O3. The summed E-state index contributed by atoms with van der Waals surface area (Å²) in [5.74, 6) is -0.978. The van der Waals surface area contributed by atoms with Crippen molar-refractivity contribution < 1.29 is 14.7 Å². The van der Waals surface area contributed by atoms with Crippen LogP contribution in [0.1, 0.15) is 18.4 Å². The smallest absolute Gasteiger partial charge is 0.303 e. The number of hydrogen-bond donors (Lipinski definition) is 2. The Morgan fingerprint density at radius 2 is 1.96 bits per heavy atom. The number of aromatic nitrogens is 2. The van der Waals surface area contributed by atoms with Crippen LogP contribution in [0.3, 0.4) is 0 Å². The number of carboxylic acid groups (broad SMARTS) is 1. The molecular weight excluding hydrogens is 377 g/mol. The van der Waals surface area contributed by atoms with Crippen LogP contribution >= 0.6 is 23.2 Å². The van der Waals surface area contributed by atoms with Crippen molar-refractivity contribution in [2.75, 3.05) is 5.32 Å². The van der Waals surface area contributed by atoms with E-state index < -0.39 is 11.9 Å². The molecule has 0 saturated carbocycles. The molecule has 0 radical (unpaired) electrons. The molecule has 0 fully saturated rings. The zero-order valence-electron chi connectivity index (χ0n) is 13.8. The van der Waals surface area contributed by atoms with Crippen molar-refractivity contribution >= 4 is 46.5 Å². The van der Waals surface area contributed by atoms with Crippen LogP contribution in [0.5, 0.6) is 0 Å². The minimum Gasteiger partial charge on any atom is -0.481 e. The summed E-state index contributed by atoms with van der Waals surface area (Å²) in [7, 11) is 0. The standard InChI is InChI=1S/C18H15Cl2N3O3/c1-10-3-2-8-23-17(10)22-16(11-4-5-12(19)13(20)9-11)18(23)21-14(24)6-7-15(25)26/h2-5,8-9H,6-7H2,1H3,(H,21,24)(H,25,26). The second kappa shape index (κ2) is 7.35. The minimum absolute atomic E-state index is 0.130. The second-order valence-corrected chi connectivity index (χ2v) is 6.58. The first-order chi connectivity index (χ1) is 12.4. The maximum Gasteiger partial charge on any atom is 0.303 e. The molecule has 0 aliphatic rings. The number of anilines is 1. The maximum atomic E-state index is 12.2. The van der Waals surface area contributed by atoms with Gasteiger partial charge in [0, 0.05) is 18.2 Å². The molecule has 0 saturated heterocycles. The number of imidazole rings is 1. The Balaban J connectivity index is 2.09. The first-order valence-electron chi connectivity index (χ1n) is 7.81. The molecule has 0 spiro atoms. The number of pyridine rings is 1. The fraction of sp³-hybridized carbons (Fsp3) is 0.167. The van der Waals surface area contributed by atoms with E-state index >= 15 is 0 Å². The van der Waals surface area contributed by atoms with Gasteiger partial charge in [0.25, 0.3) is 0 Å². The summed E-state index contributed by atoms with van der Waals surface area (Å²) in [5, 5.41) is 12.3. The largest absolute Gasteiger partial charge is 0.481 e. The number of rotatable bonds is 5. The second-order valence-electron chi connectivity index (χ2n) is 5.76. The maximum absolute atomic E-state index is 12.2. The summed E-state index contributed by atoms with van der Waals surface area (Å²) in [5.41, 5.74) is 2.83. The lowest BCUT2D eigenvalue weighted by Gasteiger charge is -2.08. The van der Waals surface area contributed by atoms with Crippen LogP contribution < -0.4 is 5.32 Å². The Hall–Kier alpha value is -2.57. The number of fused-ring (bicyclic) bond motifs is 1. The van der Waals surface area contributed by atoms with Crippen LogP contribution in [0.2, 0.25) is 10.0 Å². The van der Waals surface area contributed by atoms with Crippen molar-refractivity contribution in [2.24, 2.45) is 0 Å². The molecule has 2 aromatic heterocycles. The number of amides is 1. The molecule has 26 heavy (non-hydrogen) atoms. The highest BCUT2D eigenvalue weighted by Gasteiger charge is 2.18. The number of carbonyl (C=O) groups excluding carboxylic acids is 1. The van der Waals surface area contributed by atoms with Gasteiger partial charge in [0.15, 0.2) is 0 Å². The van der Waals surface area contributed by atoms with Crippen molar-refractivity contribution in [3.8, 4) is 11.3 Å². The average molecular weight is 392 g/mol. The number of carbonyl (C=O) groups is 2. The van der Waals surface area contributed by atoms with Gasteiger partial charge in [-0.1, -0.05) is 35.3 Å². The summed E-state index contributed by atoms with van der Waals surface area (Å²) in [6.07, 6.45) is 1.40. The Labute approximate surface area is 159 Å². The van der Waals surface area contributed by atoms with Gasteiger partial charge in [-0.25, -0.2) is 4.98 Å². The number of aliphatic carboxylic acids is 1. The molecule has 2 heterocycles. The van der Waals surface area contributed by atoms with E-state index in [0.29, 0.717) is 32.8 Å². The monoisotopic (exact) mass is 391 g/mol. The van der Waals surface area contributed by atoms with Crippen LogP contribution in [-0.2, 0) is 9.59 Å². The van der Waals surface area contributed by atoms with Gasteiger partial charge in [0.05, 0.1) is 16.5 Å². The van der Waals surface area contributed by atoms with E-state index in [1.54, 1.807) is 28.8 Å². The Bertz CT molecular complexity index is 1010. The fourth-order valence-corrected chi connectivity index (χ4v) is 2.88. The van der Waals surface area contributed by atoms with Crippen molar-refractivity contribution in [3.63, 3.8) is 0 Å². The Morgan fingerprint density at radius 1 is 1.19 bits per heavy atom. The molecule has 1 amide bonds. The van der Waals surface area contributed by atoms with E-state index in [0.717, 1.165) is 5.56 Å². The first-order valence-corrected chi connectivity index (χ1v) is 8.57. The molecule has 6 nitrogen and oxygen atoms in total. The number of nitrogens with one attached hydrogen (secondary N) is 1. The van der Waals surface area contributed by atoms with Crippen LogP contribution in [0.4, 0.5) is 5.82 Å². The SMILES string of the molecule is Cc1cccn2c(NC(=O)CCC(=O)O)c(-c3ccc(Cl)c(Cl)c3)nc12. The van der Waals surface area contributed by atoms with E-state index in [2.05, 4.69) is 10.3 Å². The van der Waals surface area contributed by atoms with Gasteiger partial charge in [-0.15, -0.1) is 0 Å². The highest BCUT2D eigenvalue weighted by atomic mass is 35.5. The summed E-state index contributed by atoms with van der Waals surface area (Å²) >= 11 is 12.1. The van der Waals surface area contributed by atoms with E-state index in [4.69, 9.17) is 28.3 Å². The highest BCUT2D eigenvalue weighted by Crippen LogP contribution is 2.33. The number of aryl methyl sites for hydroxylation is 1. The molecule has 0 bridgehead atoms. The van der Waals surface area contributed by atoms with E-state index in [1.807, 2.05) is 19.1 Å². The van der Waals surface area contributed by atoms with Gasteiger partial charge in [0.2, 0.25) is 5.91 Å². The van der Waals surface area contributed by atoms with Crippen molar-refractivity contribution in [3.05, 3.63) is 52.1 Å². The molecule has 8 heteroatoms. The fourth-order valence-electron chi connectivity index (χ4n) is 2.58. The third kappa shape index (κ3) is 3.66. The normalized spacial score (nSPS) is 10.9. The van der Waals surface area contributed by atoms with Gasteiger partial charge in [-0.2, -0.15) is 0 Å². The van der Waals surface area contributed by atoms with Crippen LogP contribution in [0, 0.1) is 6.92 Å². The lowest BCUT2D eigenvalue weighted by atomic mass is 10.1. The summed E-state index contributed by atoms with van der Waals surface area (Å²) in [6, 6.07) is 8.85. The third-order valence-corrected chi connectivity index (χ3v) is 4.60. The Morgan fingerprint density at radius 3 is 2.65 bits per heavy atom. The summed E-state index contributed by atoms with van der Waals surface area (Å²) < 4.78 is 1.76. The molecule has 2 N–H and O–H groups in total. The quantitative estimate of drug-likeness (QED) is 0.673. The topological polar surface area (TPSA) is 83.7 Å². The zero-order chi connectivity index (χ0) is 18.8. The lowest BCUT2D eigenvalue weighted by Crippen LogP contribution is -2.15. The van der Waals surface area contributed by atoms with Crippen molar-refractivity contribution in [1.82, 2.24) is 9.38 Å². The lowest BCUT2D eigenvalue weighted by molar-refractivity contribution is -0.138. The highest BCUT2D eigenvalue weighted by molar-refractivity contribution is 6.42. The number of hydrogen-bond acceptors (Lipinski definition) is 3. The molecule has 0 atom stereocenters. The molecule has 3 rings (SSSR count). The van der Waals surface area contributed by atoms with E-state index in [9.17, 15) is 9.59 Å². The van der Waals surface area contributed by atoms with Gasteiger partial charge in [-0.3, -0.25) is 14.0 Å². The number of carboxylic acids is 1. The van der Waals surface area contributed by atoms with Gasteiger partial charge in [-0.05, 0) is 30.7 Å². The van der Waals surface area contributed by atoms with Crippen molar-refractivity contribution in [2.45, 2.75) is 19.8 Å². The van der Waals surface area contributed by atoms with Crippen LogP contribution in [0.25, 0.3) is 16.9 Å².